The van der Waals surface area contributed by atoms with E-state index in [0.29, 0.717) is 16.6 Å². The number of anilines is 1. The summed E-state index contributed by atoms with van der Waals surface area (Å²) in [5, 5.41) is 5.58. The highest BCUT2D eigenvalue weighted by Gasteiger charge is 2.14. The van der Waals surface area contributed by atoms with E-state index < -0.39 is 0 Å². The number of halogens is 2. The summed E-state index contributed by atoms with van der Waals surface area (Å²) < 4.78 is 1.01. The van der Waals surface area contributed by atoms with Crippen molar-refractivity contribution >= 4 is 60.8 Å². The second-order valence-electron chi connectivity index (χ2n) is 5.86. The average molecular weight is 389 g/mol. The number of rotatable bonds is 3. The number of aryl methyl sites for hydroxylation is 2. The van der Waals surface area contributed by atoms with E-state index in [1.165, 1.54) is 5.56 Å². The second kappa shape index (κ2) is 6.41. The van der Waals surface area contributed by atoms with Gasteiger partial charge in [0.2, 0.25) is 0 Å². The van der Waals surface area contributed by atoms with Gasteiger partial charge in [0.1, 0.15) is 17.0 Å². The van der Waals surface area contributed by atoms with Gasteiger partial charge in [-0.25, -0.2) is 15.0 Å². The summed E-state index contributed by atoms with van der Waals surface area (Å²) in [6.07, 6.45) is 1.59. The molecule has 4 rings (SSSR count). The molecular formula is C18H14Cl2N4S. The zero-order valence-electron chi connectivity index (χ0n) is 13.6. The fourth-order valence-corrected chi connectivity index (χ4v) is 4.41. The Balaban J connectivity index is 1.74. The van der Waals surface area contributed by atoms with Gasteiger partial charge >= 0.3 is 0 Å². The molecule has 0 saturated carbocycles. The Kier molecular flexibility index (Phi) is 4.23. The van der Waals surface area contributed by atoms with Gasteiger partial charge in [0.05, 0.1) is 20.3 Å². The molecule has 0 saturated heterocycles. The van der Waals surface area contributed by atoms with Crippen LogP contribution >= 0.6 is 34.5 Å². The number of fused-ring (bicyclic) bond motifs is 3. The lowest BCUT2D eigenvalue weighted by Gasteiger charge is -2.07. The maximum atomic E-state index is 6.08. The Labute approximate surface area is 158 Å². The van der Waals surface area contributed by atoms with Gasteiger partial charge in [0, 0.05) is 17.6 Å². The predicted molar refractivity (Wildman–Crippen MR) is 106 cm³/mol. The molecule has 0 bridgehead atoms. The van der Waals surface area contributed by atoms with Crippen LogP contribution < -0.4 is 5.32 Å². The molecule has 0 radical (unpaired) electrons. The molecule has 7 heteroatoms. The van der Waals surface area contributed by atoms with E-state index in [0.717, 1.165) is 37.5 Å². The van der Waals surface area contributed by atoms with Crippen molar-refractivity contribution in [2.75, 3.05) is 5.32 Å². The number of pyridine rings is 1. The number of hydrogen-bond donors (Lipinski definition) is 1. The van der Waals surface area contributed by atoms with Crippen molar-refractivity contribution in [1.29, 1.82) is 0 Å². The summed E-state index contributed by atoms with van der Waals surface area (Å²) in [4.78, 5) is 14.5. The number of benzene rings is 1. The van der Waals surface area contributed by atoms with Crippen LogP contribution in [0.1, 0.15) is 16.8 Å². The highest BCUT2D eigenvalue weighted by Crippen LogP contribution is 2.36. The van der Waals surface area contributed by atoms with Gasteiger partial charge in [-0.2, -0.15) is 0 Å². The molecule has 0 unspecified atom stereocenters. The molecule has 0 fully saturated rings. The third kappa shape index (κ3) is 3.03. The monoisotopic (exact) mass is 388 g/mol. The van der Waals surface area contributed by atoms with Crippen molar-refractivity contribution in [3.8, 4) is 0 Å². The largest absolute Gasteiger partial charge is 0.365 e. The van der Waals surface area contributed by atoms with Gasteiger partial charge in [0.25, 0.3) is 0 Å². The Morgan fingerprint density at radius 2 is 1.92 bits per heavy atom. The van der Waals surface area contributed by atoms with Crippen LogP contribution in [0.15, 0.2) is 30.6 Å². The first-order valence-corrected chi connectivity index (χ1v) is 9.29. The van der Waals surface area contributed by atoms with E-state index >= 15 is 0 Å². The number of aromatic nitrogens is 3. The minimum Gasteiger partial charge on any atom is -0.365 e. The molecule has 3 aromatic heterocycles. The minimum absolute atomic E-state index is 0.547. The van der Waals surface area contributed by atoms with Crippen molar-refractivity contribution in [3.63, 3.8) is 0 Å². The minimum atomic E-state index is 0.547. The van der Waals surface area contributed by atoms with Gasteiger partial charge in [-0.1, -0.05) is 29.3 Å². The van der Waals surface area contributed by atoms with Crippen LogP contribution in [0.3, 0.4) is 0 Å². The Morgan fingerprint density at radius 1 is 1.08 bits per heavy atom. The van der Waals surface area contributed by atoms with Gasteiger partial charge in [-0.05, 0) is 43.2 Å². The molecule has 3 heterocycles. The number of nitrogens with zero attached hydrogens (tertiary/aromatic N) is 3. The predicted octanol–water partition coefficient (Wildman–Crippen LogP) is 5.78. The number of nitrogens with one attached hydrogen (secondary N) is 1. The molecule has 0 aliphatic heterocycles. The molecule has 126 valence electrons. The van der Waals surface area contributed by atoms with E-state index in [2.05, 4.69) is 33.3 Å². The molecular weight excluding hydrogens is 375 g/mol. The summed E-state index contributed by atoms with van der Waals surface area (Å²) in [5.74, 6) is 0.802. The lowest BCUT2D eigenvalue weighted by molar-refractivity contribution is 1.11. The summed E-state index contributed by atoms with van der Waals surface area (Å²) in [6, 6.07) is 7.68. The highest BCUT2D eigenvalue weighted by molar-refractivity contribution is 7.26. The Bertz CT molecular complexity index is 1110. The lowest BCUT2D eigenvalue weighted by atomic mass is 10.1. The van der Waals surface area contributed by atoms with Crippen LogP contribution in [0.25, 0.3) is 20.4 Å². The molecule has 4 aromatic rings. The number of thiophene rings is 1. The zero-order chi connectivity index (χ0) is 17.6. The SMILES string of the molecule is Cc1cc(C)c2c(n1)sc1c(NCc3ccc(Cl)c(Cl)c3)ncnc12. The fraction of sp³-hybridized carbons (Fsp3) is 0.167. The smallest absolute Gasteiger partial charge is 0.147 e. The summed E-state index contributed by atoms with van der Waals surface area (Å²) in [7, 11) is 0. The van der Waals surface area contributed by atoms with Gasteiger partial charge in [-0.15, -0.1) is 11.3 Å². The van der Waals surface area contributed by atoms with Crippen molar-refractivity contribution in [2.45, 2.75) is 20.4 Å². The zero-order valence-corrected chi connectivity index (χ0v) is 15.9. The van der Waals surface area contributed by atoms with Crippen molar-refractivity contribution in [1.82, 2.24) is 15.0 Å². The summed E-state index contributed by atoms with van der Waals surface area (Å²) in [6.45, 7) is 4.70. The fourth-order valence-electron chi connectivity index (χ4n) is 2.87. The van der Waals surface area contributed by atoms with Crippen LogP contribution in [0.2, 0.25) is 10.0 Å². The Morgan fingerprint density at radius 3 is 2.72 bits per heavy atom. The molecule has 0 aliphatic rings. The normalized spacial score (nSPS) is 11.4. The molecule has 1 N–H and O–H groups in total. The molecule has 0 aliphatic carbocycles. The third-order valence-electron chi connectivity index (χ3n) is 3.99. The molecule has 0 spiro atoms. The molecule has 1 aromatic carbocycles. The second-order valence-corrected chi connectivity index (χ2v) is 7.68. The first kappa shape index (κ1) is 16.5. The maximum absolute atomic E-state index is 6.08. The van der Waals surface area contributed by atoms with Gasteiger partial charge in [0.15, 0.2) is 0 Å². The van der Waals surface area contributed by atoms with Gasteiger partial charge in [-0.3, -0.25) is 0 Å². The summed E-state index contributed by atoms with van der Waals surface area (Å²) in [5.41, 5.74) is 4.17. The lowest BCUT2D eigenvalue weighted by Crippen LogP contribution is -2.01. The number of hydrogen-bond acceptors (Lipinski definition) is 5. The van der Waals surface area contributed by atoms with E-state index in [1.54, 1.807) is 23.7 Å². The van der Waals surface area contributed by atoms with E-state index in [9.17, 15) is 0 Å². The van der Waals surface area contributed by atoms with Crippen molar-refractivity contribution < 1.29 is 0 Å². The molecule has 4 nitrogen and oxygen atoms in total. The van der Waals surface area contributed by atoms with Crippen molar-refractivity contribution in [2.24, 2.45) is 0 Å². The topological polar surface area (TPSA) is 50.7 Å². The van der Waals surface area contributed by atoms with Crippen molar-refractivity contribution in [3.05, 3.63) is 57.5 Å². The quantitative estimate of drug-likeness (QED) is 0.483. The van der Waals surface area contributed by atoms with Crippen LogP contribution in [0.4, 0.5) is 5.82 Å². The average Bonchev–Trinajstić information content (AvgIpc) is 2.94. The van der Waals surface area contributed by atoms with E-state index in [-0.39, 0.29) is 0 Å². The molecule has 0 atom stereocenters. The Hall–Kier alpha value is -1.95. The molecule has 0 amide bonds. The van der Waals surface area contributed by atoms with E-state index in [4.69, 9.17) is 23.2 Å². The first-order chi connectivity index (χ1) is 12.0. The van der Waals surface area contributed by atoms with Crippen LogP contribution in [-0.2, 0) is 6.54 Å². The standard InChI is InChI=1S/C18H14Cl2N4S/c1-9-5-10(2)24-18-14(9)15-16(25-18)17(23-8-22-15)21-7-11-3-4-12(19)13(20)6-11/h3-6,8H,7H2,1-2H3,(H,21,22,23). The highest BCUT2D eigenvalue weighted by atomic mass is 35.5. The van der Waals surface area contributed by atoms with Crippen LogP contribution in [-0.4, -0.2) is 15.0 Å². The molecule has 25 heavy (non-hydrogen) atoms. The van der Waals surface area contributed by atoms with Crippen LogP contribution in [0.5, 0.6) is 0 Å². The van der Waals surface area contributed by atoms with E-state index in [1.807, 2.05) is 19.1 Å². The third-order valence-corrected chi connectivity index (χ3v) is 5.81. The van der Waals surface area contributed by atoms with Gasteiger partial charge < -0.3 is 5.32 Å². The maximum Gasteiger partial charge on any atom is 0.147 e. The summed E-state index contributed by atoms with van der Waals surface area (Å²) >= 11 is 13.7. The van der Waals surface area contributed by atoms with Crippen LogP contribution in [0, 0.1) is 13.8 Å². The first-order valence-electron chi connectivity index (χ1n) is 7.72.